The average molecular weight is 413 g/mol. The lowest BCUT2D eigenvalue weighted by Gasteiger charge is -2.34. The molecule has 3 rings (SSSR count). The molecule has 162 valence electrons. The summed E-state index contributed by atoms with van der Waals surface area (Å²) in [6, 6.07) is 12.2. The van der Waals surface area contributed by atoms with Crippen LogP contribution in [-0.2, 0) is 4.74 Å². The SMILES string of the molecule is COc1ccc(C(CN=C(N)Nc2ccc(C)c(C)c2)N2CCOCC2)cc1OC. The van der Waals surface area contributed by atoms with Crippen LogP contribution in [-0.4, -0.2) is 57.9 Å². The summed E-state index contributed by atoms with van der Waals surface area (Å²) in [6.45, 7) is 7.82. The van der Waals surface area contributed by atoms with Crippen molar-refractivity contribution >= 4 is 11.6 Å². The van der Waals surface area contributed by atoms with E-state index in [1.165, 1.54) is 11.1 Å². The Kier molecular flexibility index (Phi) is 7.54. The van der Waals surface area contributed by atoms with Crippen LogP contribution in [0.5, 0.6) is 11.5 Å². The maximum Gasteiger partial charge on any atom is 0.193 e. The summed E-state index contributed by atoms with van der Waals surface area (Å²) in [6.07, 6.45) is 0. The van der Waals surface area contributed by atoms with Gasteiger partial charge in [0, 0.05) is 18.8 Å². The Bertz CT molecular complexity index is 879. The molecule has 1 saturated heterocycles. The van der Waals surface area contributed by atoms with E-state index in [1.54, 1.807) is 14.2 Å². The standard InChI is InChI=1S/C23H32N4O3/c1-16-5-7-19(13-17(16)2)26-23(24)25-15-20(27-9-11-30-12-10-27)18-6-8-21(28-3)22(14-18)29-4/h5-8,13-14,20H,9-12,15H2,1-4H3,(H3,24,25,26). The molecule has 1 fully saturated rings. The van der Waals surface area contributed by atoms with Crippen LogP contribution in [0.2, 0.25) is 0 Å². The number of methoxy groups -OCH3 is 2. The van der Waals surface area contributed by atoms with Gasteiger partial charge in [0.2, 0.25) is 0 Å². The molecule has 2 aromatic rings. The number of morpholine rings is 1. The maximum absolute atomic E-state index is 6.20. The second-order valence-corrected chi connectivity index (χ2v) is 7.43. The normalized spacial score (nSPS) is 16.2. The average Bonchev–Trinajstić information content (AvgIpc) is 2.77. The number of nitrogens with zero attached hydrogens (tertiary/aromatic N) is 2. The highest BCUT2D eigenvalue weighted by atomic mass is 16.5. The first kappa shape index (κ1) is 21.9. The van der Waals surface area contributed by atoms with Gasteiger partial charge >= 0.3 is 0 Å². The number of benzene rings is 2. The van der Waals surface area contributed by atoms with Gasteiger partial charge in [-0.2, -0.15) is 0 Å². The van der Waals surface area contributed by atoms with Crippen LogP contribution in [0, 0.1) is 13.8 Å². The third-order valence-electron chi connectivity index (χ3n) is 5.49. The van der Waals surface area contributed by atoms with Gasteiger partial charge in [-0.25, -0.2) is 0 Å². The topological polar surface area (TPSA) is 81.3 Å². The van der Waals surface area contributed by atoms with Crippen molar-refractivity contribution in [2.45, 2.75) is 19.9 Å². The monoisotopic (exact) mass is 412 g/mol. The van der Waals surface area contributed by atoms with E-state index in [4.69, 9.17) is 19.9 Å². The molecule has 1 atom stereocenters. The van der Waals surface area contributed by atoms with E-state index in [1.807, 2.05) is 18.2 Å². The number of nitrogens with two attached hydrogens (primary N) is 1. The zero-order valence-corrected chi connectivity index (χ0v) is 18.3. The van der Waals surface area contributed by atoms with E-state index in [-0.39, 0.29) is 6.04 Å². The summed E-state index contributed by atoms with van der Waals surface area (Å²) >= 11 is 0. The van der Waals surface area contributed by atoms with Gasteiger partial charge in [0.05, 0.1) is 40.0 Å². The van der Waals surface area contributed by atoms with Crippen molar-refractivity contribution in [3.8, 4) is 11.5 Å². The predicted octanol–water partition coefficient (Wildman–Crippen LogP) is 3.12. The fourth-order valence-electron chi connectivity index (χ4n) is 3.57. The van der Waals surface area contributed by atoms with Crippen LogP contribution in [0.1, 0.15) is 22.7 Å². The van der Waals surface area contributed by atoms with Crippen LogP contribution in [0.25, 0.3) is 0 Å². The van der Waals surface area contributed by atoms with Gasteiger partial charge in [-0.3, -0.25) is 9.89 Å². The van der Waals surface area contributed by atoms with Gasteiger partial charge in [-0.15, -0.1) is 0 Å². The Morgan fingerprint density at radius 3 is 2.47 bits per heavy atom. The molecular weight excluding hydrogens is 380 g/mol. The molecule has 1 heterocycles. The molecule has 1 aliphatic heterocycles. The lowest BCUT2D eigenvalue weighted by atomic mass is 10.0. The van der Waals surface area contributed by atoms with E-state index >= 15 is 0 Å². The largest absolute Gasteiger partial charge is 0.493 e. The van der Waals surface area contributed by atoms with Crippen LogP contribution in [0.3, 0.4) is 0 Å². The Morgan fingerprint density at radius 2 is 1.80 bits per heavy atom. The van der Waals surface area contributed by atoms with Crippen molar-refractivity contribution in [3.63, 3.8) is 0 Å². The Hall–Kier alpha value is -2.77. The first-order valence-electron chi connectivity index (χ1n) is 10.2. The highest BCUT2D eigenvalue weighted by molar-refractivity contribution is 5.92. The Balaban J connectivity index is 1.80. The molecule has 7 nitrogen and oxygen atoms in total. The van der Waals surface area contributed by atoms with Gasteiger partial charge < -0.3 is 25.3 Å². The highest BCUT2D eigenvalue weighted by Crippen LogP contribution is 2.32. The van der Waals surface area contributed by atoms with E-state index in [9.17, 15) is 0 Å². The number of ether oxygens (including phenoxy) is 3. The fourth-order valence-corrected chi connectivity index (χ4v) is 3.57. The molecule has 1 aliphatic rings. The minimum Gasteiger partial charge on any atom is -0.493 e. The highest BCUT2D eigenvalue weighted by Gasteiger charge is 2.23. The second kappa shape index (κ2) is 10.3. The number of hydrogen-bond donors (Lipinski definition) is 2. The van der Waals surface area contributed by atoms with Crippen LogP contribution < -0.4 is 20.5 Å². The van der Waals surface area contributed by atoms with Crippen molar-refractivity contribution in [2.75, 3.05) is 52.4 Å². The molecular formula is C23H32N4O3. The molecule has 0 bridgehead atoms. The lowest BCUT2D eigenvalue weighted by molar-refractivity contribution is 0.0179. The summed E-state index contributed by atoms with van der Waals surface area (Å²) in [4.78, 5) is 7.02. The number of guanidine groups is 1. The van der Waals surface area contributed by atoms with E-state index in [0.29, 0.717) is 37.2 Å². The molecule has 3 N–H and O–H groups in total. The summed E-state index contributed by atoms with van der Waals surface area (Å²) < 4.78 is 16.4. The van der Waals surface area contributed by atoms with E-state index < -0.39 is 0 Å². The Morgan fingerprint density at radius 1 is 1.07 bits per heavy atom. The maximum atomic E-state index is 6.20. The number of aliphatic imine (C=N–C) groups is 1. The lowest BCUT2D eigenvalue weighted by Crippen LogP contribution is -2.40. The number of hydrogen-bond acceptors (Lipinski definition) is 5. The van der Waals surface area contributed by atoms with Gasteiger partial charge in [0.1, 0.15) is 0 Å². The van der Waals surface area contributed by atoms with Crippen LogP contribution in [0.4, 0.5) is 5.69 Å². The third-order valence-corrected chi connectivity index (χ3v) is 5.49. The number of rotatable bonds is 7. The molecule has 0 saturated carbocycles. The van der Waals surface area contributed by atoms with Gasteiger partial charge in [0.25, 0.3) is 0 Å². The molecule has 30 heavy (non-hydrogen) atoms. The first-order chi connectivity index (χ1) is 14.5. The smallest absolute Gasteiger partial charge is 0.193 e. The predicted molar refractivity (Wildman–Crippen MR) is 121 cm³/mol. The molecule has 0 amide bonds. The number of aryl methyl sites for hydroxylation is 2. The Labute approximate surface area is 178 Å². The zero-order chi connectivity index (χ0) is 21.5. The molecule has 0 aromatic heterocycles. The van der Waals surface area contributed by atoms with Gasteiger partial charge in [-0.05, 0) is 54.8 Å². The summed E-state index contributed by atoms with van der Waals surface area (Å²) in [5.41, 5.74) is 10.7. The zero-order valence-electron chi connectivity index (χ0n) is 18.3. The number of anilines is 1. The number of nitrogens with one attached hydrogen (secondary N) is 1. The summed E-state index contributed by atoms with van der Waals surface area (Å²) in [7, 11) is 3.29. The van der Waals surface area contributed by atoms with Gasteiger partial charge in [0.15, 0.2) is 17.5 Å². The third kappa shape index (κ3) is 5.43. The minimum absolute atomic E-state index is 0.0637. The van der Waals surface area contributed by atoms with Crippen molar-refractivity contribution in [1.29, 1.82) is 0 Å². The quantitative estimate of drug-likeness (QED) is 0.537. The molecule has 7 heteroatoms. The summed E-state index contributed by atoms with van der Waals surface area (Å²) in [5, 5.41) is 3.20. The first-order valence-corrected chi connectivity index (χ1v) is 10.2. The minimum atomic E-state index is 0.0637. The van der Waals surface area contributed by atoms with E-state index in [2.05, 4.69) is 47.3 Å². The van der Waals surface area contributed by atoms with Crippen LogP contribution in [0.15, 0.2) is 41.4 Å². The molecule has 2 aromatic carbocycles. The van der Waals surface area contributed by atoms with Crippen molar-refractivity contribution in [3.05, 3.63) is 53.1 Å². The van der Waals surface area contributed by atoms with Gasteiger partial charge in [-0.1, -0.05) is 12.1 Å². The summed E-state index contributed by atoms with van der Waals surface area (Å²) in [5.74, 6) is 1.82. The fraction of sp³-hybridized carbons (Fsp3) is 0.435. The second-order valence-electron chi connectivity index (χ2n) is 7.43. The van der Waals surface area contributed by atoms with Crippen molar-refractivity contribution < 1.29 is 14.2 Å². The molecule has 0 spiro atoms. The molecule has 0 radical (unpaired) electrons. The van der Waals surface area contributed by atoms with Crippen molar-refractivity contribution in [2.24, 2.45) is 10.7 Å². The molecule has 1 unspecified atom stereocenters. The van der Waals surface area contributed by atoms with Crippen molar-refractivity contribution in [1.82, 2.24) is 4.90 Å². The van der Waals surface area contributed by atoms with E-state index in [0.717, 1.165) is 24.3 Å². The molecule has 0 aliphatic carbocycles. The van der Waals surface area contributed by atoms with Crippen LogP contribution >= 0.6 is 0 Å².